The largest absolute Gasteiger partial charge is 0.368 e. The highest BCUT2D eigenvalue weighted by Gasteiger charge is 2.12. The first-order valence-corrected chi connectivity index (χ1v) is 9.39. The highest BCUT2D eigenvalue weighted by atomic mass is 35.7. The number of hydrogen-bond acceptors (Lipinski definition) is 6. The molecule has 0 radical (unpaired) electrons. The van der Waals surface area contributed by atoms with Gasteiger partial charge in [0, 0.05) is 16.0 Å². The lowest BCUT2D eigenvalue weighted by molar-refractivity contribution is -2.00. The Balaban J connectivity index is 0.000000368. The van der Waals surface area contributed by atoms with Gasteiger partial charge in [0.2, 0.25) is 0 Å². The minimum absolute atomic E-state index is 0.776. The van der Waals surface area contributed by atoms with Gasteiger partial charge in [0.15, 0.2) is 13.1 Å². The van der Waals surface area contributed by atoms with Crippen LogP contribution in [0.15, 0.2) is 42.5 Å². The second kappa shape index (κ2) is 8.89. The van der Waals surface area contributed by atoms with Crippen LogP contribution in [-0.2, 0) is 4.74 Å². The van der Waals surface area contributed by atoms with Gasteiger partial charge in [-0.15, -0.1) is 10.2 Å². The molecule has 0 saturated carbocycles. The summed E-state index contributed by atoms with van der Waals surface area (Å²) < 4.78 is 43.1. The van der Waals surface area contributed by atoms with Gasteiger partial charge in [-0.05, 0) is 23.8 Å². The van der Waals surface area contributed by atoms with E-state index in [-0.39, 0.29) is 0 Å². The SMILES string of the molecule is Clc1ccc(-c2cccc(=[N+]3CCOCC3)s2)cc1.[O-][Cl+3]([O-])([O-])[O-]. The molecule has 1 saturated heterocycles. The maximum absolute atomic E-state index is 8.49. The van der Waals surface area contributed by atoms with E-state index in [1.54, 1.807) is 0 Å². The zero-order valence-corrected chi connectivity index (χ0v) is 14.9. The monoisotopic (exact) mass is 391 g/mol. The summed E-state index contributed by atoms with van der Waals surface area (Å²) in [6.45, 7) is 3.58. The van der Waals surface area contributed by atoms with Crippen LogP contribution in [0.3, 0.4) is 0 Å². The number of ether oxygens (including phenoxy) is 1. The van der Waals surface area contributed by atoms with E-state index in [0.717, 1.165) is 31.3 Å². The average Bonchev–Trinajstić information content (AvgIpc) is 2.55. The Morgan fingerprint density at radius 3 is 2.12 bits per heavy atom. The van der Waals surface area contributed by atoms with Gasteiger partial charge in [-0.1, -0.05) is 41.1 Å². The van der Waals surface area contributed by atoms with Crippen molar-refractivity contribution in [1.82, 2.24) is 4.58 Å². The molecule has 6 nitrogen and oxygen atoms in total. The van der Waals surface area contributed by atoms with Gasteiger partial charge in [-0.3, -0.25) is 0 Å². The number of morpholine rings is 1. The minimum Gasteiger partial charge on any atom is -0.368 e. The van der Waals surface area contributed by atoms with Crippen LogP contribution in [0, 0.1) is 10.2 Å². The molecule has 1 aliphatic heterocycles. The molecule has 1 fully saturated rings. The van der Waals surface area contributed by atoms with E-state index in [1.807, 2.05) is 23.5 Å². The Hall–Kier alpha value is -1.03. The molecule has 0 amide bonds. The molecular formula is C15H15Cl2NO5S. The molecule has 130 valence electrons. The Labute approximate surface area is 150 Å². The van der Waals surface area contributed by atoms with Crippen molar-refractivity contribution in [1.29, 1.82) is 0 Å². The zero-order chi connectivity index (χ0) is 17.6. The normalized spacial score (nSPS) is 14.8. The third-order valence-corrected chi connectivity index (χ3v) is 4.60. The summed E-state index contributed by atoms with van der Waals surface area (Å²) in [5.74, 6) is 0. The van der Waals surface area contributed by atoms with Crippen molar-refractivity contribution >= 4 is 22.9 Å². The molecular weight excluding hydrogens is 377 g/mol. The lowest BCUT2D eigenvalue weighted by atomic mass is 10.2. The summed E-state index contributed by atoms with van der Waals surface area (Å²) in [5, 5.41) is 0.776. The van der Waals surface area contributed by atoms with Crippen LogP contribution in [-0.4, -0.2) is 26.3 Å². The van der Waals surface area contributed by atoms with Gasteiger partial charge in [0.25, 0.3) is 4.67 Å². The molecule has 24 heavy (non-hydrogen) atoms. The van der Waals surface area contributed by atoms with Crippen LogP contribution in [0.2, 0.25) is 5.02 Å². The second-order valence-electron chi connectivity index (χ2n) is 4.81. The molecule has 0 N–H and O–H groups in total. The minimum atomic E-state index is -4.94. The summed E-state index contributed by atoms with van der Waals surface area (Å²) in [4.78, 5) is 1.26. The number of rotatable bonds is 1. The number of benzene rings is 1. The molecule has 1 aromatic carbocycles. The van der Waals surface area contributed by atoms with Gasteiger partial charge in [0.1, 0.15) is 13.2 Å². The number of halogens is 2. The van der Waals surface area contributed by atoms with Crippen molar-refractivity contribution in [2.24, 2.45) is 0 Å². The summed E-state index contributed by atoms with van der Waals surface area (Å²) in [7, 11) is -4.94. The topological polar surface area (TPSA) is 104 Å². The molecule has 0 spiro atoms. The average molecular weight is 392 g/mol. The van der Waals surface area contributed by atoms with Crippen LogP contribution >= 0.6 is 22.9 Å². The molecule has 0 unspecified atom stereocenters. The van der Waals surface area contributed by atoms with E-state index in [9.17, 15) is 0 Å². The number of hydrogen-bond donors (Lipinski definition) is 0. The predicted molar refractivity (Wildman–Crippen MR) is 80.6 cm³/mol. The standard InChI is InChI=1S/C15H15ClNOS.ClHO4/c16-13-6-4-12(5-7-13)14-2-1-3-15(19-14)17-8-10-18-11-9-17;2-1(3,4)5/h1-7H,8-11H2;(H,2,3,4,5)/q+1;/p-1. The Morgan fingerprint density at radius 1 is 0.958 bits per heavy atom. The summed E-state index contributed by atoms with van der Waals surface area (Å²) >= 11 is 7.75. The fraction of sp³-hybridized carbons (Fsp3) is 0.267. The van der Waals surface area contributed by atoms with E-state index >= 15 is 0 Å². The smallest absolute Gasteiger partial charge is 0.256 e. The maximum atomic E-state index is 8.49. The molecule has 1 aromatic heterocycles. The van der Waals surface area contributed by atoms with Crippen molar-refractivity contribution in [3.63, 3.8) is 0 Å². The molecule has 0 bridgehead atoms. The molecule has 1 aliphatic rings. The zero-order valence-electron chi connectivity index (χ0n) is 12.5. The van der Waals surface area contributed by atoms with E-state index < -0.39 is 10.2 Å². The second-order valence-corrected chi connectivity index (χ2v) is 7.07. The first kappa shape index (κ1) is 19.3. The van der Waals surface area contributed by atoms with Crippen LogP contribution < -0.4 is 27.9 Å². The van der Waals surface area contributed by atoms with E-state index in [4.69, 9.17) is 35.0 Å². The van der Waals surface area contributed by atoms with Gasteiger partial charge in [-0.2, -0.15) is 0 Å². The lowest BCUT2D eigenvalue weighted by Gasteiger charge is -2.17. The van der Waals surface area contributed by atoms with Crippen LogP contribution in [0.5, 0.6) is 0 Å². The maximum Gasteiger partial charge on any atom is 0.256 e. The van der Waals surface area contributed by atoms with Crippen LogP contribution in [0.1, 0.15) is 0 Å². The summed E-state index contributed by atoms with van der Waals surface area (Å²) in [5.41, 5.74) is 1.21. The van der Waals surface area contributed by atoms with Crippen molar-refractivity contribution in [3.05, 3.63) is 52.2 Å². The first-order valence-electron chi connectivity index (χ1n) is 6.96. The van der Waals surface area contributed by atoms with Crippen LogP contribution in [0.25, 0.3) is 10.4 Å². The van der Waals surface area contributed by atoms with Crippen molar-refractivity contribution in [3.8, 4) is 10.4 Å². The molecule has 0 aliphatic carbocycles. The van der Waals surface area contributed by atoms with Gasteiger partial charge < -0.3 is 4.74 Å². The number of nitrogens with zero attached hydrogens (tertiary/aromatic N) is 1. The van der Waals surface area contributed by atoms with Gasteiger partial charge in [-0.25, -0.2) is 23.2 Å². The Morgan fingerprint density at radius 2 is 1.54 bits per heavy atom. The molecule has 0 atom stereocenters. The van der Waals surface area contributed by atoms with E-state index in [0.29, 0.717) is 0 Å². The third-order valence-electron chi connectivity index (χ3n) is 3.15. The van der Waals surface area contributed by atoms with Crippen molar-refractivity contribution < 1.29 is 33.6 Å². The Kier molecular flexibility index (Phi) is 7.15. The summed E-state index contributed by atoms with van der Waals surface area (Å²) in [6, 6.07) is 14.4. The van der Waals surface area contributed by atoms with Crippen molar-refractivity contribution in [2.75, 3.05) is 26.3 Å². The lowest BCUT2D eigenvalue weighted by Crippen LogP contribution is -2.68. The predicted octanol–water partition coefficient (Wildman–Crippen LogP) is -1.89. The van der Waals surface area contributed by atoms with Crippen molar-refractivity contribution in [2.45, 2.75) is 0 Å². The Bertz CT molecular complexity index is 714. The third kappa shape index (κ3) is 6.84. The fourth-order valence-corrected chi connectivity index (χ4v) is 3.33. The quantitative estimate of drug-likeness (QED) is 0.528. The van der Waals surface area contributed by atoms with Crippen LogP contribution in [0.4, 0.5) is 0 Å². The molecule has 2 heterocycles. The fourth-order valence-electron chi connectivity index (χ4n) is 2.12. The van der Waals surface area contributed by atoms with Gasteiger partial charge in [0.05, 0.1) is 0 Å². The first-order chi connectivity index (χ1) is 11.3. The molecule has 3 rings (SSSR count). The highest BCUT2D eigenvalue weighted by Crippen LogP contribution is 2.22. The summed E-state index contributed by atoms with van der Waals surface area (Å²) in [6.07, 6.45) is 0. The van der Waals surface area contributed by atoms with E-state index in [1.165, 1.54) is 15.1 Å². The molecule has 9 heteroatoms. The van der Waals surface area contributed by atoms with E-state index in [2.05, 4.69) is 34.9 Å². The molecule has 2 aromatic rings. The highest BCUT2D eigenvalue weighted by molar-refractivity contribution is 7.12. The van der Waals surface area contributed by atoms with Gasteiger partial charge >= 0.3 is 0 Å².